The first-order valence-corrected chi connectivity index (χ1v) is 14.0. The molecule has 0 heterocycles. The number of hydrogen-bond donors (Lipinski definition) is 2. The van der Waals surface area contributed by atoms with Crippen LogP contribution in [0.25, 0.3) is 0 Å². The van der Waals surface area contributed by atoms with E-state index < -0.39 is 0 Å². The largest absolute Gasteiger partial charge is 0.370 e. The van der Waals surface area contributed by atoms with E-state index >= 15 is 0 Å². The molecule has 1 amide bonds. The molecule has 0 radical (unpaired) electrons. The number of hydrogen-bond acceptors (Lipinski definition) is 2. The lowest BCUT2D eigenvalue weighted by Gasteiger charge is -2.42. The summed E-state index contributed by atoms with van der Waals surface area (Å²) in [4.78, 5) is 20.1. The van der Waals surface area contributed by atoms with Crippen molar-refractivity contribution in [2.24, 2.45) is 22.4 Å². The van der Waals surface area contributed by atoms with Gasteiger partial charge in [0.25, 0.3) is 0 Å². The van der Waals surface area contributed by atoms with Gasteiger partial charge in [-0.1, -0.05) is 83.4 Å². The van der Waals surface area contributed by atoms with Crippen LogP contribution in [-0.4, -0.2) is 16.8 Å². The van der Waals surface area contributed by atoms with Crippen molar-refractivity contribution in [3.05, 3.63) is 69.8 Å². The molecule has 4 rings (SSSR count). The van der Waals surface area contributed by atoms with E-state index in [-0.39, 0.29) is 22.7 Å². The van der Waals surface area contributed by atoms with Gasteiger partial charge in [0.15, 0.2) is 5.96 Å². The summed E-state index contributed by atoms with van der Waals surface area (Å²) in [5.41, 5.74) is 19.0. The molecule has 0 saturated heterocycles. The monoisotopic (exact) mass is 502 g/mol. The van der Waals surface area contributed by atoms with Gasteiger partial charge in [-0.15, -0.1) is 0 Å². The molecule has 37 heavy (non-hydrogen) atoms. The number of aryl methyl sites for hydroxylation is 1. The molecule has 200 valence electrons. The molecule has 1 fully saturated rings. The first-order chi connectivity index (χ1) is 17.5. The standard InChI is InChI=1S/C32H46N4O/c1-22-17-27-28(32(4,5)16-15-31(27,2)3)18-26(22)21-36(29(37)25-9-7-6-8-10-25)20-24-13-11-23(12-14-24)19-35-30(33)34/h11-14,17-18,25H,6-10,15-16,19-21H2,1-5H3,(H4,33,34,35). The van der Waals surface area contributed by atoms with Crippen molar-refractivity contribution in [3.8, 4) is 0 Å². The van der Waals surface area contributed by atoms with Crippen LogP contribution in [0.1, 0.15) is 106 Å². The number of nitrogens with two attached hydrogens (primary N) is 2. The van der Waals surface area contributed by atoms with E-state index in [1.165, 1.54) is 41.5 Å². The molecule has 0 spiro atoms. The third kappa shape index (κ3) is 6.37. The number of carbonyl (C=O) groups excluding carboxylic acids is 1. The topological polar surface area (TPSA) is 84.7 Å². The fourth-order valence-corrected chi connectivity index (χ4v) is 6.12. The van der Waals surface area contributed by atoms with E-state index in [2.05, 4.69) is 80.9 Å². The molecular formula is C32H46N4O. The molecule has 0 unspecified atom stereocenters. The Balaban J connectivity index is 1.63. The van der Waals surface area contributed by atoms with Gasteiger partial charge in [0.2, 0.25) is 5.91 Å². The number of carbonyl (C=O) groups is 1. The summed E-state index contributed by atoms with van der Waals surface area (Å²) >= 11 is 0. The number of amides is 1. The maximum Gasteiger partial charge on any atom is 0.226 e. The van der Waals surface area contributed by atoms with E-state index in [1.807, 2.05) is 0 Å². The summed E-state index contributed by atoms with van der Waals surface area (Å²) in [6.07, 6.45) is 7.98. The zero-order valence-corrected chi connectivity index (χ0v) is 23.6. The van der Waals surface area contributed by atoms with Crippen LogP contribution >= 0.6 is 0 Å². The van der Waals surface area contributed by atoms with Crippen molar-refractivity contribution in [2.75, 3.05) is 0 Å². The van der Waals surface area contributed by atoms with Crippen molar-refractivity contribution in [1.82, 2.24) is 4.90 Å². The van der Waals surface area contributed by atoms with Gasteiger partial charge in [0.1, 0.15) is 0 Å². The van der Waals surface area contributed by atoms with Gasteiger partial charge in [-0.05, 0) is 76.8 Å². The molecular weight excluding hydrogens is 456 g/mol. The Bertz CT molecular complexity index is 1140. The Hall–Kier alpha value is -2.82. The van der Waals surface area contributed by atoms with Crippen molar-refractivity contribution >= 4 is 11.9 Å². The van der Waals surface area contributed by atoms with Gasteiger partial charge in [0.05, 0.1) is 6.54 Å². The number of benzene rings is 2. The van der Waals surface area contributed by atoms with E-state index in [4.69, 9.17) is 11.5 Å². The average molecular weight is 503 g/mol. The molecule has 0 atom stereocenters. The van der Waals surface area contributed by atoms with E-state index in [0.29, 0.717) is 25.5 Å². The Morgan fingerprint density at radius 1 is 0.892 bits per heavy atom. The van der Waals surface area contributed by atoms with Gasteiger partial charge in [-0.2, -0.15) is 0 Å². The summed E-state index contributed by atoms with van der Waals surface area (Å²) in [6.45, 7) is 13.4. The quantitative estimate of drug-likeness (QED) is 0.348. The third-order valence-corrected chi connectivity index (χ3v) is 8.78. The molecule has 2 aliphatic rings. The minimum atomic E-state index is 0.0975. The van der Waals surface area contributed by atoms with Crippen LogP contribution in [0.15, 0.2) is 41.4 Å². The molecule has 2 aliphatic carbocycles. The number of fused-ring (bicyclic) bond motifs is 1. The molecule has 5 heteroatoms. The number of nitrogens with zero attached hydrogens (tertiary/aromatic N) is 2. The average Bonchev–Trinajstić information content (AvgIpc) is 2.87. The molecule has 4 N–H and O–H groups in total. The van der Waals surface area contributed by atoms with Crippen LogP contribution < -0.4 is 11.5 Å². The predicted octanol–water partition coefficient (Wildman–Crippen LogP) is 6.23. The summed E-state index contributed by atoms with van der Waals surface area (Å²) in [6, 6.07) is 13.1. The molecule has 5 nitrogen and oxygen atoms in total. The van der Waals surface area contributed by atoms with Crippen molar-refractivity contribution in [2.45, 2.75) is 110 Å². The Kier molecular flexibility index (Phi) is 8.01. The van der Waals surface area contributed by atoms with Crippen LogP contribution in [0.3, 0.4) is 0 Å². The van der Waals surface area contributed by atoms with Gasteiger partial charge >= 0.3 is 0 Å². The van der Waals surface area contributed by atoms with Crippen LogP contribution in [0, 0.1) is 12.8 Å². The second kappa shape index (κ2) is 10.9. The first kappa shape index (κ1) is 27.2. The van der Waals surface area contributed by atoms with Gasteiger partial charge in [0, 0.05) is 19.0 Å². The highest BCUT2D eigenvalue weighted by atomic mass is 16.2. The van der Waals surface area contributed by atoms with E-state index in [0.717, 1.165) is 36.8 Å². The molecule has 1 saturated carbocycles. The smallest absolute Gasteiger partial charge is 0.226 e. The van der Waals surface area contributed by atoms with E-state index in [1.54, 1.807) is 0 Å². The minimum absolute atomic E-state index is 0.0975. The maximum absolute atomic E-state index is 13.9. The van der Waals surface area contributed by atoms with Crippen LogP contribution in [0.4, 0.5) is 0 Å². The highest BCUT2D eigenvalue weighted by Gasteiger charge is 2.37. The van der Waals surface area contributed by atoms with Crippen LogP contribution in [-0.2, 0) is 35.3 Å². The molecule has 2 aromatic carbocycles. The Labute approximate surface area is 223 Å². The normalized spacial score (nSPS) is 18.6. The van der Waals surface area contributed by atoms with Crippen molar-refractivity contribution in [1.29, 1.82) is 0 Å². The lowest BCUT2D eigenvalue weighted by atomic mass is 9.62. The summed E-state index contributed by atoms with van der Waals surface area (Å²) in [5, 5.41) is 0. The number of guanidine groups is 1. The zero-order valence-electron chi connectivity index (χ0n) is 23.6. The minimum Gasteiger partial charge on any atom is -0.370 e. The highest BCUT2D eigenvalue weighted by Crippen LogP contribution is 2.46. The van der Waals surface area contributed by atoms with Crippen LogP contribution in [0.5, 0.6) is 0 Å². The third-order valence-electron chi connectivity index (χ3n) is 8.78. The summed E-state index contributed by atoms with van der Waals surface area (Å²) in [5.74, 6) is 0.546. The molecule has 0 aliphatic heterocycles. The lowest BCUT2D eigenvalue weighted by Crippen LogP contribution is -2.37. The molecule has 0 aromatic heterocycles. The maximum atomic E-state index is 13.9. The summed E-state index contributed by atoms with van der Waals surface area (Å²) in [7, 11) is 0. The number of aliphatic imine (C=N–C) groups is 1. The molecule has 2 aromatic rings. The van der Waals surface area contributed by atoms with Gasteiger partial charge < -0.3 is 16.4 Å². The first-order valence-electron chi connectivity index (χ1n) is 14.0. The fourth-order valence-electron chi connectivity index (χ4n) is 6.12. The van der Waals surface area contributed by atoms with Gasteiger partial charge in [-0.3, -0.25) is 4.79 Å². The Morgan fingerprint density at radius 3 is 2.05 bits per heavy atom. The van der Waals surface area contributed by atoms with Crippen LogP contribution in [0.2, 0.25) is 0 Å². The zero-order chi connectivity index (χ0) is 26.8. The number of rotatable bonds is 7. The molecule has 0 bridgehead atoms. The lowest BCUT2D eigenvalue weighted by molar-refractivity contribution is -0.137. The highest BCUT2D eigenvalue weighted by molar-refractivity contribution is 5.79. The fraction of sp³-hybridized carbons (Fsp3) is 0.562. The Morgan fingerprint density at radius 2 is 1.46 bits per heavy atom. The predicted molar refractivity (Wildman–Crippen MR) is 153 cm³/mol. The van der Waals surface area contributed by atoms with Crippen molar-refractivity contribution in [3.63, 3.8) is 0 Å². The SMILES string of the molecule is Cc1cc2c(cc1CN(Cc1ccc(CN=C(N)N)cc1)C(=O)C1CCCCC1)C(C)(C)CCC2(C)C. The second-order valence-electron chi connectivity index (χ2n) is 12.7. The summed E-state index contributed by atoms with van der Waals surface area (Å²) < 4.78 is 0. The van der Waals surface area contributed by atoms with Crippen molar-refractivity contribution < 1.29 is 4.79 Å². The second-order valence-corrected chi connectivity index (χ2v) is 12.7. The van der Waals surface area contributed by atoms with Gasteiger partial charge in [-0.25, -0.2) is 4.99 Å². The van der Waals surface area contributed by atoms with E-state index in [9.17, 15) is 4.79 Å².